The Balaban J connectivity index is 0.000000745. The van der Waals surface area contributed by atoms with Crippen molar-refractivity contribution in [2.24, 2.45) is 0 Å². The van der Waals surface area contributed by atoms with Gasteiger partial charge in [0, 0.05) is 35.1 Å². The van der Waals surface area contributed by atoms with Gasteiger partial charge in [-0.15, -0.1) is 0 Å². The molecule has 2 aromatic carbocycles. The van der Waals surface area contributed by atoms with Crippen LogP contribution in [0.25, 0.3) is 11.4 Å². The highest BCUT2D eigenvalue weighted by Crippen LogP contribution is 2.39. The van der Waals surface area contributed by atoms with E-state index in [1.807, 2.05) is 0 Å². The van der Waals surface area contributed by atoms with Crippen LogP contribution in [0.3, 0.4) is 0 Å². The summed E-state index contributed by atoms with van der Waals surface area (Å²) < 4.78 is 273. The van der Waals surface area contributed by atoms with Gasteiger partial charge >= 0.3 is 56.0 Å². The summed E-state index contributed by atoms with van der Waals surface area (Å²) in [6.45, 7) is 0. The Hall–Kier alpha value is -5.32. The first-order valence-electron chi connectivity index (χ1n) is 15.3. The van der Waals surface area contributed by atoms with E-state index in [1.165, 1.54) is 36.7 Å². The monoisotopic (exact) mass is 1030 g/mol. The Labute approximate surface area is 355 Å². The van der Waals surface area contributed by atoms with Gasteiger partial charge < -0.3 is 21.3 Å². The summed E-state index contributed by atoms with van der Waals surface area (Å²) in [6.07, 6.45) is -17.7. The van der Waals surface area contributed by atoms with Crippen molar-refractivity contribution in [1.29, 1.82) is 0 Å². The molecule has 354 valence electrons. The van der Waals surface area contributed by atoms with E-state index in [-0.39, 0.29) is 45.1 Å². The molecule has 6 N–H and O–H groups in total. The number of halogens is 18. The van der Waals surface area contributed by atoms with Crippen LogP contribution in [-0.2, 0) is 44.9 Å². The van der Waals surface area contributed by atoms with E-state index in [9.17, 15) is 79.0 Å². The molecule has 2 aromatic heterocycles. The molecule has 0 amide bonds. The maximum Gasteiger partial charge on any atom is 0.522 e. The zero-order chi connectivity index (χ0) is 49.7. The fourth-order valence-corrected chi connectivity index (χ4v) is 4.41. The van der Waals surface area contributed by atoms with Gasteiger partial charge in [-0.3, -0.25) is 19.1 Å². The number of thiocarbonyl (C=S) groups is 2. The molecule has 4 aromatic rings. The topological polar surface area (TPSA) is 183 Å². The molecule has 0 aliphatic heterocycles. The Morgan fingerprint density at radius 2 is 0.641 bits per heavy atom. The first-order valence-corrected chi connectivity index (χ1v) is 19.0. The summed E-state index contributed by atoms with van der Waals surface area (Å²) >= 11 is 10.1. The number of hydrogen-bond donors (Lipinski definition) is 6. The average molecular weight is 1030 g/mol. The molecule has 64 heavy (non-hydrogen) atoms. The highest BCUT2D eigenvalue weighted by atomic mass is 32.2. The van der Waals surface area contributed by atoms with Crippen molar-refractivity contribution in [1.82, 2.24) is 9.97 Å². The molecule has 0 bridgehead atoms. The number of pyridine rings is 2. The van der Waals surface area contributed by atoms with Crippen molar-refractivity contribution in [2.45, 2.75) is 35.7 Å². The molecule has 2 heterocycles. The number of nitrogens with one attached hydrogen (secondary N) is 4. The molecule has 0 aliphatic rings. The quantitative estimate of drug-likeness (QED) is 0.0481. The van der Waals surface area contributed by atoms with E-state index >= 15 is 0 Å². The van der Waals surface area contributed by atoms with Gasteiger partial charge in [0.1, 0.15) is 0 Å². The van der Waals surface area contributed by atoms with Crippen molar-refractivity contribution in [3.8, 4) is 11.4 Å². The summed E-state index contributed by atoms with van der Waals surface area (Å²) in [6, 6.07) is 7.20. The number of rotatable bonds is 5. The van der Waals surface area contributed by atoms with E-state index < -0.39 is 89.6 Å². The van der Waals surface area contributed by atoms with Gasteiger partial charge in [0.05, 0.1) is 33.6 Å². The van der Waals surface area contributed by atoms with Crippen LogP contribution >= 0.6 is 24.4 Å². The van der Waals surface area contributed by atoms with Crippen molar-refractivity contribution < 1.29 is 105 Å². The van der Waals surface area contributed by atoms with Gasteiger partial charge in [-0.05, 0) is 85.1 Å². The number of benzene rings is 2. The summed E-state index contributed by atoms with van der Waals surface area (Å²) in [5.41, 5.74) is -17.8. The lowest BCUT2D eigenvalue weighted by atomic mass is 10.1. The fraction of sp³-hybridized carbons (Fsp3) is 0.200. The lowest BCUT2D eigenvalue weighted by Gasteiger charge is -2.16. The van der Waals surface area contributed by atoms with Gasteiger partial charge in [-0.2, -0.15) is 95.9 Å². The molecular weight excluding hydrogens is 1010 g/mol. The minimum absolute atomic E-state index is 0.0371. The number of alkyl halides is 18. The van der Waals surface area contributed by atoms with Crippen molar-refractivity contribution in [3.05, 3.63) is 95.3 Å². The van der Waals surface area contributed by atoms with Crippen LogP contribution in [0, 0.1) is 0 Å². The Bertz CT molecular complexity index is 2310. The molecule has 0 unspecified atom stereocenters. The normalized spacial score (nSPS) is 12.8. The summed E-state index contributed by atoms with van der Waals surface area (Å²) in [5.74, 6) is 0. The molecule has 0 radical (unpaired) electrons. The summed E-state index contributed by atoms with van der Waals surface area (Å²) in [5, 5.41) is 9.02. The van der Waals surface area contributed by atoms with E-state index in [0.717, 1.165) is 0 Å². The van der Waals surface area contributed by atoms with Crippen LogP contribution in [0.1, 0.15) is 22.3 Å². The molecule has 0 saturated heterocycles. The second-order valence-corrected chi connectivity index (χ2v) is 15.1. The highest BCUT2D eigenvalue weighted by molar-refractivity contribution is 7.87. The molecule has 12 nitrogen and oxygen atoms in total. The zero-order valence-electron chi connectivity index (χ0n) is 29.8. The Kier molecular flexibility index (Phi) is 17.0. The average Bonchev–Trinajstić information content (AvgIpc) is 3.09. The Morgan fingerprint density at radius 1 is 0.422 bits per heavy atom. The maximum absolute atomic E-state index is 13.2. The van der Waals surface area contributed by atoms with Gasteiger partial charge in [0.25, 0.3) is 0 Å². The van der Waals surface area contributed by atoms with E-state index in [1.54, 1.807) is 0 Å². The highest BCUT2D eigenvalue weighted by Gasteiger charge is 2.45. The number of hydrogen-bond acceptors (Lipinski definition) is 8. The second kappa shape index (κ2) is 19.8. The third kappa shape index (κ3) is 17.3. The van der Waals surface area contributed by atoms with Gasteiger partial charge in [-0.1, -0.05) is 0 Å². The lowest BCUT2D eigenvalue weighted by Crippen LogP contribution is -2.21. The Morgan fingerprint density at radius 3 is 0.844 bits per heavy atom. The molecule has 0 atom stereocenters. The van der Waals surface area contributed by atoms with Crippen molar-refractivity contribution in [2.75, 3.05) is 21.3 Å². The minimum atomic E-state index is -5.84. The molecule has 34 heteroatoms. The van der Waals surface area contributed by atoms with Crippen LogP contribution in [0.15, 0.2) is 73.1 Å². The molecule has 0 aliphatic carbocycles. The lowest BCUT2D eigenvalue weighted by molar-refractivity contribution is -0.144. The van der Waals surface area contributed by atoms with E-state index in [2.05, 4.69) is 31.2 Å². The summed E-state index contributed by atoms with van der Waals surface area (Å²) in [7, 11) is -11.7. The fourth-order valence-electron chi connectivity index (χ4n) is 3.94. The predicted octanol–water partition coefficient (Wildman–Crippen LogP) is 10.6. The molecule has 0 fully saturated rings. The van der Waals surface area contributed by atoms with Crippen LogP contribution in [0.4, 0.5) is 102 Å². The van der Waals surface area contributed by atoms with E-state index in [4.69, 9.17) is 50.4 Å². The summed E-state index contributed by atoms with van der Waals surface area (Å²) in [4.78, 5) is 8.25. The van der Waals surface area contributed by atoms with E-state index in [0.29, 0.717) is 24.3 Å². The number of anilines is 4. The second-order valence-electron chi connectivity index (χ2n) is 11.4. The smallest absolute Gasteiger partial charge is 0.332 e. The standard InChI is InChI=1S/C28H16F12N6S2.2CHF3O3S/c29-25(30,31)13-5-14(26(32,33)34)8-19(7-13)45-23(47)43-17-1-3-41-21(11-17)22-12-18(2-4-42-22)44-24(48)46-20-9-15(27(35,36)37)6-16(10-20)28(38,39)40;2*2-1(3,4)8(5,6)7/h1-12H,(H2,41,43,45,47)(H2,42,44,46,48);2*(H,5,6,7). The van der Waals surface area contributed by atoms with Crippen molar-refractivity contribution >= 4 is 77.6 Å². The first-order chi connectivity index (χ1) is 28.6. The zero-order valence-corrected chi connectivity index (χ0v) is 33.1. The number of nitrogens with zero attached hydrogens (tertiary/aromatic N) is 2. The third-order valence-electron chi connectivity index (χ3n) is 6.57. The molecular formula is C30H18F18N6O6S4. The molecule has 0 spiro atoms. The SMILES string of the molecule is FC(F)(F)c1cc(NC(=S)Nc2ccnc(-c3cc(NC(=S)Nc4cc(C(F)(F)F)cc(C(F)(F)F)c4)ccn3)c2)cc(C(F)(F)F)c1.O=S(=O)(O)C(F)(F)F.O=S(=O)(O)C(F)(F)F. The predicted molar refractivity (Wildman–Crippen MR) is 195 cm³/mol. The number of aromatic nitrogens is 2. The molecule has 4 rings (SSSR count). The first kappa shape index (κ1) is 54.8. The van der Waals surface area contributed by atoms with Gasteiger partial charge in [-0.25, -0.2) is 0 Å². The molecule has 0 saturated carbocycles. The minimum Gasteiger partial charge on any atom is -0.332 e. The van der Waals surface area contributed by atoms with Crippen LogP contribution in [0.2, 0.25) is 0 Å². The van der Waals surface area contributed by atoms with Gasteiger partial charge in [0.2, 0.25) is 0 Å². The largest absolute Gasteiger partial charge is 0.522 e. The van der Waals surface area contributed by atoms with Crippen LogP contribution < -0.4 is 21.3 Å². The van der Waals surface area contributed by atoms with Crippen molar-refractivity contribution in [3.63, 3.8) is 0 Å². The van der Waals surface area contributed by atoms with Crippen LogP contribution in [-0.4, -0.2) is 57.2 Å². The van der Waals surface area contributed by atoms with Crippen LogP contribution in [0.5, 0.6) is 0 Å². The maximum atomic E-state index is 13.2. The van der Waals surface area contributed by atoms with Gasteiger partial charge in [0.15, 0.2) is 10.2 Å². The third-order valence-corrected chi connectivity index (χ3v) is 8.15.